The van der Waals surface area contributed by atoms with Crippen molar-refractivity contribution in [2.75, 3.05) is 5.75 Å². The molecule has 0 unspecified atom stereocenters. The van der Waals surface area contributed by atoms with E-state index in [0.717, 1.165) is 30.4 Å². The maximum atomic E-state index is 12.4. The molecule has 0 saturated carbocycles. The molecule has 26 heavy (non-hydrogen) atoms. The lowest BCUT2D eigenvalue weighted by molar-refractivity contribution is 0.583. The molecule has 2 aromatic carbocycles. The maximum Gasteiger partial charge on any atom is 0.178 e. The van der Waals surface area contributed by atoms with E-state index >= 15 is 0 Å². The topological polar surface area (TPSA) is 34.1 Å². The molecule has 2 aromatic rings. The Kier molecular flexibility index (Phi) is 8.85. The van der Waals surface area contributed by atoms with E-state index in [1.165, 1.54) is 22.8 Å². The molecule has 0 radical (unpaired) electrons. The number of halogens is 1. The highest BCUT2D eigenvalue weighted by Crippen LogP contribution is 2.17. The Balaban J connectivity index is 1.90. The first-order valence-corrected chi connectivity index (χ1v) is 12.0. The lowest BCUT2D eigenvalue weighted by Crippen LogP contribution is -2.06. The average molecular weight is 482 g/mol. The van der Waals surface area contributed by atoms with Crippen LogP contribution < -0.4 is 0 Å². The van der Waals surface area contributed by atoms with E-state index in [4.69, 9.17) is 0 Å². The Morgan fingerprint density at radius 3 is 1.85 bits per heavy atom. The van der Waals surface area contributed by atoms with E-state index < -0.39 is 9.84 Å². The number of rotatable bonds is 10. The van der Waals surface area contributed by atoms with Gasteiger partial charge in [-0.3, -0.25) is 0 Å². The summed E-state index contributed by atoms with van der Waals surface area (Å²) in [4.78, 5) is 0.428. The maximum absolute atomic E-state index is 12.4. The fraction of sp³-hybridized carbons (Fsp3) is 0.364. The highest BCUT2D eigenvalue weighted by molar-refractivity contribution is 14.1. The predicted octanol–water partition coefficient (Wildman–Crippen LogP) is 6.60. The zero-order chi connectivity index (χ0) is 18.8. The predicted molar refractivity (Wildman–Crippen MR) is 120 cm³/mol. The summed E-state index contributed by atoms with van der Waals surface area (Å²) in [5.41, 5.74) is 2.13. The minimum absolute atomic E-state index is 0.247. The molecule has 0 aliphatic heterocycles. The third kappa shape index (κ3) is 7.23. The summed E-state index contributed by atoms with van der Waals surface area (Å²) in [5.74, 6) is 0.247. The third-order valence-electron chi connectivity index (χ3n) is 4.34. The van der Waals surface area contributed by atoms with Crippen LogP contribution in [0.4, 0.5) is 0 Å². The van der Waals surface area contributed by atoms with Gasteiger partial charge in [-0.15, -0.1) is 0 Å². The van der Waals surface area contributed by atoms with Crippen LogP contribution >= 0.6 is 22.6 Å². The van der Waals surface area contributed by atoms with Crippen molar-refractivity contribution in [2.24, 2.45) is 0 Å². The number of hydrogen-bond donors (Lipinski definition) is 0. The Labute approximate surface area is 171 Å². The summed E-state index contributed by atoms with van der Waals surface area (Å²) < 4.78 is 26.1. The zero-order valence-corrected chi connectivity index (χ0v) is 18.3. The van der Waals surface area contributed by atoms with Gasteiger partial charge in [-0.1, -0.05) is 75.4 Å². The van der Waals surface area contributed by atoms with Gasteiger partial charge < -0.3 is 0 Å². The molecule has 140 valence electrons. The molecule has 0 aliphatic rings. The van der Waals surface area contributed by atoms with E-state index in [0.29, 0.717) is 4.90 Å². The molecule has 0 amide bonds. The van der Waals surface area contributed by atoms with Gasteiger partial charge in [-0.05, 0) is 64.4 Å². The van der Waals surface area contributed by atoms with E-state index in [1.54, 1.807) is 12.1 Å². The molecular formula is C22H27IO2S. The molecule has 0 aromatic heterocycles. The SMILES string of the molecule is CCCCCCCCS(=O)(=O)c1ccc(C=Cc2ccc(I)cc2)cc1. The standard InChI is InChI=1S/C22H27IO2S/c1-2-3-4-5-6-7-18-26(24,25)22-16-12-20(13-17-22)9-8-19-10-14-21(23)15-11-19/h8-17H,2-7,18H2,1H3. The third-order valence-corrected chi connectivity index (χ3v) is 6.88. The van der Waals surface area contributed by atoms with Crippen molar-refractivity contribution in [1.82, 2.24) is 0 Å². The van der Waals surface area contributed by atoms with Gasteiger partial charge in [-0.2, -0.15) is 0 Å². The van der Waals surface area contributed by atoms with Crippen molar-refractivity contribution < 1.29 is 8.42 Å². The van der Waals surface area contributed by atoms with Gasteiger partial charge in [0.05, 0.1) is 10.6 Å². The van der Waals surface area contributed by atoms with Crippen molar-refractivity contribution in [3.8, 4) is 0 Å². The summed E-state index contributed by atoms with van der Waals surface area (Å²) in [6.45, 7) is 2.18. The Morgan fingerprint density at radius 1 is 0.769 bits per heavy atom. The van der Waals surface area contributed by atoms with Crippen LogP contribution in [0.15, 0.2) is 53.4 Å². The summed E-state index contributed by atoms with van der Waals surface area (Å²) in [7, 11) is -3.17. The molecule has 0 aliphatic carbocycles. The van der Waals surface area contributed by atoms with Crippen LogP contribution in [0.1, 0.15) is 56.6 Å². The highest BCUT2D eigenvalue weighted by atomic mass is 127. The summed E-state index contributed by atoms with van der Waals surface area (Å²) in [5, 5.41) is 0. The van der Waals surface area contributed by atoms with Crippen LogP contribution in [-0.4, -0.2) is 14.2 Å². The monoisotopic (exact) mass is 482 g/mol. The average Bonchev–Trinajstić information content (AvgIpc) is 2.64. The largest absolute Gasteiger partial charge is 0.224 e. The first-order valence-electron chi connectivity index (χ1n) is 9.28. The second-order valence-electron chi connectivity index (χ2n) is 6.54. The smallest absolute Gasteiger partial charge is 0.178 e. The first kappa shape index (κ1) is 21.2. The van der Waals surface area contributed by atoms with Crippen LogP contribution in [0.2, 0.25) is 0 Å². The van der Waals surface area contributed by atoms with E-state index in [-0.39, 0.29) is 5.75 Å². The fourth-order valence-electron chi connectivity index (χ4n) is 2.74. The fourth-order valence-corrected chi connectivity index (χ4v) is 4.47. The van der Waals surface area contributed by atoms with Crippen LogP contribution in [-0.2, 0) is 9.84 Å². The van der Waals surface area contributed by atoms with Crippen LogP contribution in [0, 0.1) is 3.57 Å². The Hall–Kier alpha value is -1.14. The van der Waals surface area contributed by atoms with Gasteiger partial charge in [0.1, 0.15) is 0 Å². The molecule has 0 N–H and O–H groups in total. The van der Waals surface area contributed by atoms with Crippen molar-refractivity contribution in [3.63, 3.8) is 0 Å². The lowest BCUT2D eigenvalue weighted by Gasteiger charge is -2.05. The van der Waals surface area contributed by atoms with Crippen molar-refractivity contribution >= 4 is 44.6 Å². The molecule has 0 bridgehead atoms. The van der Waals surface area contributed by atoms with Crippen LogP contribution in [0.25, 0.3) is 12.2 Å². The second-order valence-corrected chi connectivity index (χ2v) is 9.90. The van der Waals surface area contributed by atoms with E-state index in [1.807, 2.05) is 24.3 Å². The highest BCUT2D eigenvalue weighted by Gasteiger charge is 2.13. The van der Waals surface area contributed by atoms with Gasteiger partial charge in [-0.25, -0.2) is 8.42 Å². The molecule has 2 nitrogen and oxygen atoms in total. The minimum atomic E-state index is -3.17. The Bertz CT molecular complexity index is 791. The second kappa shape index (κ2) is 10.9. The van der Waals surface area contributed by atoms with Gasteiger partial charge >= 0.3 is 0 Å². The molecule has 0 fully saturated rings. The zero-order valence-electron chi connectivity index (χ0n) is 15.3. The van der Waals surface area contributed by atoms with Crippen molar-refractivity contribution in [2.45, 2.75) is 50.3 Å². The number of unbranched alkanes of at least 4 members (excludes halogenated alkanes) is 5. The quantitative estimate of drug-likeness (QED) is 0.217. The molecule has 0 spiro atoms. The van der Waals surface area contributed by atoms with Crippen molar-refractivity contribution in [3.05, 3.63) is 63.2 Å². The molecule has 0 atom stereocenters. The van der Waals surface area contributed by atoms with Gasteiger partial charge in [0, 0.05) is 3.57 Å². The van der Waals surface area contributed by atoms with E-state index in [9.17, 15) is 8.42 Å². The molecule has 2 rings (SSSR count). The minimum Gasteiger partial charge on any atom is -0.224 e. The molecule has 0 saturated heterocycles. The van der Waals surface area contributed by atoms with E-state index in [2.05, 4.69) is 53.8 Å². The lowest BCUT2D eigenvalue weighted by atomic mass is 10.1. The summed E-state index contributed by atoms with van der Waals surface area (Å²) in [6.07, 6.45) is 10.6. The Morgan fingerprint density at radius 2 is 1.27 bits per heavy atom. The van der Waals surface area contributed by atoms with Gasteiger partial charge in [0.25, 0.3) is 0 Å². The number of hydrogen-bond acceptors (Lipinski definition) is 2. The number of benzene rings is 2. The number of sulfone groups is 1. The van der Waals surface area contributed by atoms with Gasteiger partial charge in [0.2, 0.25) is 0 Å². The summed E-state index contributed by atoms with van der Waals surface area (Å²) >= 11 is 2.28. The van der Waals surface area contributed by atoms with Crippen LogP contribution in [0.5, 0.6) is 0 Å². The normalized spacial score (nSPS) is 11.9. The molecular weight excluding hydrogens is 455 g/mol. The van der Waals surface area contributed by atoms with Gasteiger partial charge in [0.15, 0.2) is 9.84 Å². The van der Waals surface area contributed by atoms with Crippen LogP contribution in [0.3, 0.4) is 0 Å². The molecule has 0 heterocycles. The van der Waals surface area contributed by atoms with Crippen molar-refractivity contribution in [1.29, 1.82) is 0 Å². The summed E-state index contributed by atoms with van der Waals surface area (Å²) in [6, 6.07) is 15.5. The first-order chi connectivity index (χ1) is 12.5. The molecule has 4 heteroatoms.